The highest BCUT2D eigenvalue weighted by atomic mass is 16.6. The molecule has 0 spiro atoms. The number of carbonyl (C=O) groups excluding carboxylic acids is 3. The molecule has 0 fully saturated rings. The number of hydrogen-bond acceptors (Lipinski definition) is 6. The lowest BCUT2D eigenvalue weighted by Gasteiger charge is -2.18. The van der Waals surface area contributed by atoms with Gasteiger partial charge in [-0.3, -0.25) is 14.4 Å². The largest absolute Gasteiger partial charge is 0.462 e. The normalized spacial score (nSPS) is 12.5. The molecule has 0 aromatic carbocycles. The van der Waals surface area contributed by atoms with Crippen molar-refractivity contribution in [3.8, 4) is 0 Å². The van der Waals surface area contributed by atoms with E-state index in [2.05, 4.69) is 81.5 Å². The highest BCUT2D eigenvalue weighted by Crippen LogP contribution is 2.16. The van der Waals surface area contributed by atoms with Gasteiger partial charge < -0.3 is 14.2 Å². The molecule has 6 nitrogen and oxygen atoms in total. The summed E-state index contributed by atoms with van der Waals surface area (Å²) >= 11 is 0. The molecule has 0 amide bonds. The van der Waals surface area contributed by atoms with E-state index in [-0.39, 0.29) is 31.1 Å². The first kappa shape index (κ1) is 64.1. The molecular weight excluding hydrogens is 829 g/mol. The van der Waals surface area contributed by atoms with Crippen molar-refractivity contribution < 1.29 is 28.6 Å². The van der Waals surface area contributed by atoms with Crippen molar-refractivity contribution in [2.75, 3.05) is 13.2 Å². The van der Waals surface area contributed by atoms with Gasteiger partial charge >= 0.3 is 17.9 Å². The second-order valence-electron chi connectivity index (χ2n) is 19.2. The molecule has 0 radical (unpaired) electrons. The molecule has 0 saturated heterocycles. The Morgan fingerprint density at radius 3 is 0.925 bits per heavy atom. The molecular formula is C61H108O6. The van der Waals surface area contributed by atoms with Crippen molar-refractivity contribution in [2.24, 2.45) is 0 Å². The Morgan fingerprint density at radius 1 is 0.313 bits per heavy atom. The number of rotatable bonds is 52. The van der Waals surface area contributed by atoms with Crippen LogP contribution in [-0.4, -0.2) is 37.2 Å². The lowest BCUT2D eigenvalue weighted by molar-refractivity contribution is -0.167. The molecule has 1 unspecified atom stereocenters. The van der Waals surface area contributed by atoms with E-state index in [1.165, 1.54) is 154 Å². The van der Waals surface area contributed by atoms with Gasteiger partial charge in [0, 0.05) is 19.3 Å². The number of esters is 3. The van der Waals surface area contributed by atoms with E-state index in [0.717, 1.165) is 96.3 Å². The smallest absolute Gasteiger partial charge is 0.306 e. The van der Waals surface area contributed by atoms with E-state index < -0.39 is 6.10 Å². The van der Waals surface area contributed by atoms with E-state index in [1.807, 2.05) is 0 Å². The van der Waals surface area contributed by atoms with Gasteiger partial charge in [0.1, 0.15) is 13.2 Å². The topological polar surface area (TPSA) is 78.9 Å². The predicted octanol–water partition coefficient (Wildman–Crippen LogP) is 19.2. The summed E-state index contributed by atoms with van der Waals surface area (Å²) in [4.78, 5) is 38.1. The maximum absolute atomic E-state index is 12.8. The van der Waals surface area contributed by atoms with Gasteiger partial charge in [-0.15, -0.1) is 0 Å². The van der Waals surface area contributed by atoms with Crippen molar-refractivity contribution >= 4 is 17.9 Å². The Labute approximate surface area is 415 Å². The van der Waals surface area contributed by atoms with Crippen molar-refractivity contribution in [1.82, 2.24) is 0 Å². The summed E-state index contributed by atoms with van der Waals surface area (Å²) in [5.74, 6) is -0.878. The van der Waals surface area contributed by atoms with Gasteiger partial charge in [-0.25, -0.2) is 0 Å². The summed E-state index contributed by atoms with van der Waals surface area (Å²) in [7, 11) is 0. The molecule has 0 rings (SSSR count). The fourth-order valence-corrected chi connectivity index (χ4v) is 8.19. The monoisotopic (exact) mass is 937 g/mol. The highest BCUT2D eigenvalue weighted by molar-refractivity contribution is 5.71. The molecule has 0 aliphatic rings. The third-order valence-corrected chi connectivity index (χ3v) is 12.5. The molecule has 0 aliphatic heterocycles. The van der Waals surface area contributed by atoms with Gasteiger partial charge in [-0.05, 0) is 83.5 Å². The van der Waals surface area contributed by atoms with E-state index in [0.29, 0.717) is 19.3 Å². The third-order valence-electron chi connectivity index (χ3n) is 12.5. The van der Waals surface area contributed by atoms with Crippen LogP contribution < -0.4 is 0 Å². The maximum Gasteiger partial charge on any atom is 0.306 e. The molecule has 0 aromatic heterocycles. The Balaban J connectivity index is 4.29. The van der Waals surface area contributed by atoms with Gasteiger partial charge in [-0.1, -0.05) is 248 Å². The van der Waals surface area contributed by atoms with Crippen molar-refractivity contribution in [1.29, 1.82) is 0 Å². The van der Waals surface area contributed by atoms with Crippen LogP contribution >= 0.6 is 0 Å². The van der Waals surface area contributed by atoms with Crippen LogP contribution in [0, 0.1) is 0 Å². The first-order chi connectivity index (χ1) is 33.0. The molecule has 0 aromatic rings. The number of unbranched alkanes of at least 4 members (excludes halogenated alkanes) is 31. The fourth-order valence-electron chi connectivity index (χ4n) is 8.19. The molecule has 0 heterocycles. The van der Waals surface area contributed by atoms with Crippen LogP contribution in [-0.2, 0) is 28.6 Å². The zero-order valence-corrected chi connectivity index (χ0v) is 44.4. The average Bonchev–Trinajstić information content (AvgIpc) is 3.33. The quantitative estimate of drug-likeness (QED) is 0.0262. The van der Waals surface area contributed by atoms with Crippen LogP contribution in [0.3, 0.4) is 0 Å². The molecule has 0 N–H and O–H groups in total. The fraction of sp³-hybridized carbons (Fsp3) is 0.787. The van der Waals surface area contributed by atoms with Gasteiger partial charge in [0.25, 0.3) is 0 Å². The van der Waals surface area contributed by atoms with Crippen LogP contribution in [0.15, 0.2) is 60.8 Å². The Kier molecular flexibility index (Phi) is 53.3. The number of carbonyl (C=O) groups is 3. The van der Waals surface area contributed by atoms with Gasteiger partial charge in [0.05, 0.1) is 0 Å². The zero-order chi connectivity index (χ0) is 48.6. The van der Waals surface area contributed by atoms with Gasteiger partial charge in [-0.2, -0.15) is 0 Å². The molecule has 0 bridgehead atoms. The average molecular weight is 938 g/mol. The summed E-state index contributed by atoms with van der Waals surface area (Å²) in [6, 6.07) is 0. The number of allylic oxidation sites excluding steroid dienone is 10. The minimum atomic E-state index is -0.777. The van der Waals surface area contributed by atoms with Crippen LogP contribution in [0.25, 0.3) is 0 Å². The molecule has 1 atom stereocenters. The number of ether oxygens (including phenoxy) is 3. The maximum atomic E-state index is 12.8. The van der Waals surface area contributed by atoms with Crippen LogP contribution in [0.2, 0.25) is 0 Å². The second-order valence-corrected chi connectivity index (χ2v) is 19.2. The van der Waals surface area contributed by atoms with Gasteiger partial charge in [0.2, 0.25) is 0 Å². The molecule has 67 heavy (non-hydrogen) atoms. The minimum Gasteiger partial charge on any atom is -0.462 e. The Morgan fingerprint density at radius 2 is 0.582 bits per heavy atom. The SMILES string of the molecule is CC/C=C\C/C=C\C/C=C\C/C=C\CCCCCCCCCCCCC(=O)OCC(COC(=O)CCCCCCCCCCCCCC)OC(=O)CCCCCCC/C=C\CCCCCCC. The molecule has 0 aliphatic carbocycles. The summed E-state index contributed by atoms with van der Waals surface area (Å²) < 4.78 is 16.8. The molecule has 388 valence electrons. The van der Waals surface area contributed by atoms with E-state index in [4.69, 9.17) is 14.2 Å². The van der Waals surface area contributed by atoms with E-state index >= 15 is 0 Å². The first-order valence-electron chi connectivity index (χ1n) is 28.8. The van der Waals surface area contributed by atoms with Crippen molar-refractivity contribution in [2.45, 2.75) is 297 Å². The van der Waals surface area contributed by atoms with Crippen LogP contribution in [0.5, 0.6) is 0 Å². The summed E-state index contributed by atoms with van der Waals surface area (Å²) in [5, 5.41) is 0. The lowest BCUT2D eigenvalue weighted by Crippen LogP contribution is -2.30. The Hall–Kier alpha value is -2.89. The van der Waals surface area contributed by atoms with Crippen LogP contribution in [0.1, 0.15) is 290 Å². The highest BCUT2D eigenvalue weighted by Gasteiger charge is 2.19. The zero-order valence-electron chi connectivity index (χ0n) is 44.4. The Bertz CT molecular complexity index is 1210. The minimum absolute atomic E-state index is 0.0757. The van der Waals surface area contributed by atoms with E-state index in [9.17, 15) is 14.4 Å². The molecule has 0 saturated carbocycles. The summed E-state index contributed by atoms with van der Waals surface area (Å²) in [6.45, 7) is 6.53. The standard InChI is InChI=1S/C61H108O6/c1-4-7-10-13-16-19-22-25-27-28-29-30-31-32-33-34-35-37-39-42-45-48-51-54-60(63)66-57-58(56-65-59(62)53-50-47-44-41-38-24-21-18-15-12-9-6-3)67-61(64)55-52-49-46-43-40-36-26-23-20-17-14-11-8-5-2/h7,10,16,19,23,25-27,29-30,58H,4-6,8-9,11-15,17-18,20-22,24,28,31-57H2,1-3H3/b10-7-,19-16-,26-23-,27-25-,30-29-. The summed E-state index contributed by atoms with van der Waals surface area (Å²) in [5.41, 5.74) is 0. The van der Waals surface area contributed by atoms with Gasteiger partial charge in [0.15, 0.2) is 6.10 Å². The van der Waals surface area contributed by atoms with E-state index in [1.54, 1.807) is 0 Å². The lowest BCUT2D eigenvalue weighted by atomic mass is 10.0. The second kappa shape index (κ2) is 55.7. The van der Waals surface area contributed by atoms with Crippen LogP contribution in [0.4, 0.5) is 0 Å². The van der Waals surface area contributed by atoms with Crippen molar-refractivity contribution in [3.63, 3.8) is 0 Å². The summed E-state index contributed by atoms with van der Waals surface area (Å²) in [6.07, 6.45) is 69.2. The predicted molar refractivity (Wildman–Crippen MR) is 288 cm³/mol. The van der Waals surface area contributed by atoms with Crippen molar-refractivity contribution in [3.05, 3.63) is 60.8 Å². The number of hydrogen-bond donors (Lipinski definition) is 0. The first-order valence-corrected chi connectivity index (χ1v) is 28.8. The molecule has 6 heteroatoms. The third kappa shape index (κ3) is 53.9.